The third kappa shape index (κ3) is 7.50. The number of esters is 2. The lowest BCUT2D eigenvalue weighted by Gasteiger charge is -2.30. The third-order valence-corrected chi connectivity index (χ3v) is 7.31. The molecule has 1 aromatic rings. The zero-order chi connectivity index (χ0) is 30.8. The minimum Gasteiger partial charge on any atom is -0.437 e. The molecule has 4 atom stereocenters. The molecule has 230 valence electrons. The van der Waals surface area contributed by atoms with Gasteiger partial charge in [-0.2, -0.15) is 0 Å². The fraction of sp³-hybridized carbons (Fsp3) is 0.667. The van der Waals surface area contributed by atoms with Gasteiger partial charge in [-0.25, -0.2) is 28.0 Å². The van der Waals surface area contributed by atoms with Crippen LogP contribution in [0.15, 0.2) is 24.0 Å². The van der Waals surface area contributed by atoms with Gasteiger partial charge in [0.1, 0.15) is 23.2 Å². The number of nitrogens with two attached hydrogens (primary N) is 1. The molecular formula is C24H37FN5O10P. The van der Waals surface area contributed by atoms with Gasteiger partial charge in [0, 0.05) is 0 Å². The van der Waals surface area contributed by atoms with Gasteiger partial charge in [-0.1, -0.05) is 6.08 Å². The molecule has 0 radical (unpaired) electrons. The van der Waals surface area contributed by atoms with E-state index < -0.39 is 74.9 Å². The maximum Gasteiger partial charge on any atom is 0.480 e. The lowest BCUT2D eigenvalue weighted by molar-refractivity contribution is -0.164. The van der Waals surface area contributed by atoms with E-state index in [1.165, 1.54) is 10.9 Å². The number of hydrogen-bond acceptors (Lipinski definition) is 14. The zero-order valence-electron chi connectivity index (χ0n) is 23.8. The molecule has 3 heterocycles. The van der Waals surface area contributed by atoms with Gasteiger partial charge in [-0.05, 0) is 41.5 Å². The monoisotopic (exact) mass is 605 g/mol. The number of alkyl halides is 1. The van der Waals surface area contributed by atoms with Crippen molar-refractivity contribution in [3.05, 3.63) is 24.7 Å². The molecule has 1 saturated heterocycles. The van der Waals surface area contributed by atoms with Crippen molar-refractivity contribution in [2.45, 2.75) is 72.2 Å². The second-order valence-corrected chi connectivity index (χ2v) is 13.1. The lowest BCUT2D eigenvalue weighted by atomic mass is 9.97. The van der Waals surface area contributed by atoms with E-state index in [0.717, 1.165) is 6.08 Å². The fourth-order valence-electron chi connectivity index (χ4n) is 3.52. The molecule has 0 spiro atoms. The number of guanidine groups is 1. The quantitative estimate of drug-likeness (QED) is 0.144. The van der Waals surface area contributed by atoms with Crippen molar-refractivity contribution in [1.29, 1.82) is 0 Å². The van der Waals surface area contributed by atoms with Crippen molar-refractivity contribution in [3.8, 4) is 0 Å². The van der Waals surface area contributed by atoms with Crippen LogP contribution < -0.4 is 11.1 Å². The molecule has 2 aliphatic rings. The third-order valence-electron chi connectivity index (χ3n) is 6.02. The Balaban J connectivity index is 1.76. The number of hydrogen-bond donors (Lipinski definition) is 3. The van der Waals surface area contributed by atoms with E-state index in [4.69, 9.17) is 33.5 Å². The van der Waals surface area contributed by atoms with Gasteiger partial charge in [-0.15, -0.1) is 6.58 Å². The van der Waals surface area contributed by atoms with E-state index in [1.54, 1.807) is 41.5 Å². The smallest absolute Gasteiger partial charge is 0.437 e. The summed E-state index contributed by atoms with van der Waals surface area (Å²) in [6.07, 6.45) is -2.94. The SMILES string of the molecule is C=CC1(COP(=O)(OCOC(=O)C(C)(C)C)OCOC(=O)C(C)(C)C)OC(n2cnc3c2NC(N)=NC3)C(F)C1O. The predicted octanol–water partition coefficient (Wildman–Crippen LogP) is 2.53. The van der Waals surface area contributed by atoms with Crippen LogP contribution in [0.2, 0.25) is 0 Å². The van der Waals surface area contributed by atoms with E-state index in [1.807, 2.05) is 0 Å². The topological polar surface area (TPSA) is 195 Å². The molecule has 15 nitrogen and oxygen atoms in total. The van der Waals surface area contributed by atoms with Crippen molar-refractivity contribution in [2.24, 2.45) is 21.6 Å². The highest BCUT2D eigenvalue weighted by Gasteiger charge is 2.56. The number of aliphatic hydroxyl groups is 1. The normalized spacial score (nSPS) is 24.7. The Hall–Kier alpha value is -2.88. The summed E-state index contributed by atoms with van der Waals surface area (Å²) in [7, 11) is -4.68. The second kappa shape index (κ2) is 12.2. The number of aliphatic imine (C=N–C) groups is 1. The molecular weight excluding hydrogens is 568 g/mol. The first-order chi connectivity index (χ1) is 18.9. The van der Waals surface area contributed by atoms with Crippen LogP contribution in [-0.2, 0) is 48.5 Å². The average Bonchev–Trinajstić information content (AvgIpc) is 3.40. The number of carbonyl (C=O) groups excluding carboxylic acids is 2. The summed E-state index contributed by atoms with van der Waals surface area (Å²) < 4.78 is 61.6. The van der Waals surface area contributed by atoms with Gasteiger partial charge < -0.3 is 30.4 Å². The van der Waals surface area contributed by atoms with Crippen LogP contribution in [0.3, 0.4) is 0 Å². The minimum absolute atomic E-state index is 0.0843. The minimum atomic E-state index is -4.68. The molecule has 41 heavy (non-hydrogen) atoms. The Bertz CT molecular complexity index is 1190. The highest BCUT2D eigenvalue weighted by molar-refractivity contribution is 7.48. The molecule has 1 fully saturated rings. The summed E-state index contributed by atoms with van der Waals surface area (Å²) in [6, 6.07) is 0. The Morgan fingerprint density at radius 2 is 1.78 bits per heavy atom. The standard InChI is InChI=1S/C24H37FN5O10P/c1-8-24(16(31)15(25)18(40-24)30-11-28-14-9-27-21(26)29-17(14)30)10-37-41(34,38-12-35-19(32)22(2,3)4)39-13-36-20(33)23(5,6)7/h8,11,15-16,18,31H,1,9-10,12-13H2,2-7H3,(H3,26,27,29). The second-order valence-electron chi connectivity index (χ2n) is 11.4. The van der Waals surface area contributed by atoms with Crippen LogP contribution in [-0.4, -0.2) is 70.6 Å². The summed E-state index contributed by atoms with van der Waals surface area (Å²) >= 11 is 0. The molecule has 0 amide bonds. The molecule has 4 N–H and O–H groups in total. The van der Waals surface area contributed by atoms with Crippen molar-refractivity contribution in [3.63, 3.8) is 0 Å². The maximum atomic E-state index is 15.5. The van der Waals surface area contributed by atoms with Crippen molar-refractivity contribution in [1.82, 2.24) is 9.55 Å². The number of imidazole rings is 1. The number of nitrogens with one attached hydrogen (secondary N) is 1. The number of phosphoric ester groups is 1. The zero-order valence-corrected chi connectivity index (χ0v) is 24.7. The average molecular weight is 606 g/mol. The summed E-state index contributed by atoms with van der Waals surface area (Å²) in [6.45, 7) is 10.9. The highest BCUT2D eigenvalue weighted by atomic mass is 31.2. The first-order valence-corrected chi connectivity index (χ1v) is 14.0. The summed E-state index contributed by atoms with van der Waals surface area (Å²) in [5.41, 5.74) is 2.46. The van der Waals surface area contributed by atoms with Gasteiger partial charge in [0.15, 0.2) is 18.4 Å². The lowest BCUT2D eigenvalue weighted by Crippen LogP contribution is -2.44. The molecule has 0 saturated carbocycles. The number of aliphatic hydroxyl groups excluding tert-OH is 1. The molecule has 0 aromatic carbocycles. The Kier molecular flexibility index (Phi) is 9.67. The highest BCUT2D eigenvalue weighted by Crippen LogP contribution is 2.52. The van der Waals surface area contributed by atoms with Gasteiger partial charge >= 0.3 is 19.8 Å². The van der Waals surface area contributed by atoms with E-state index in [2.05, 4.69) is 21.9 Å². The number of rotatable bonds is 11. The first kappa shape index (κ1) is 32.6. The first-order valence-electron chi connectivity index (χ1n) is 12.6. The van der Waals surface area contributed by atoms with Gasteiger partial charge in [0.25, 0.3) is 0 Å². The van der Waals surface area contributed by atoms with E-state index in [-0.39, 0.29) is 12.5 Å². The Labute approximate surface area is 236 Å². The van der Waals surface area contributed by atoms with Crippen LogP contribution in [0.5, 0.6) is 0 Å². The molecule has 0 aliphatic carbocycles. The van der Waals surface area contributed by atoms with Crippen molar-refractivity contribution >= 4 is 31.5 Å². The number of nitrogens with zero attached hydrogens (tertiary/aromatic N) is 3. The predicted molar refractivity (Wildman–Crippen MR) is 142 cm³/mol. The Morgan fingerprint density at radius 1 is 1.22 bits per heavy atom. The number of fused-ring (bicyclic) bond motifs is 1. The van der Waals surface area contributed by atoms with E-state index in [9.17, 15) is 19.3 Å². The molecule has 1 aromatic heterocycles. The molecule has 2 aliphatic heterocycles. The molecule has 17 heteroatoms. The Morgan fingerprint density at radius 3 is 2.29 bits per heavy atom. The molecule has 3 rings (SSSR count). The fourth-order valence-corrected chi connectivity index (χ4v) is 4.47. The van der Waals surface area contributed by atoms with Crippen LogP contribution >= 0.6 is 7.82 Å². The van der Waals surface area contributed by atoms with E-state index in [0.29, 0.717) is 11.5 Å². The van der Waals surface area contributed by atoms with Crippen LogP contribution in [0.4, 0.5) is 10.2 Å². The number of aromatic nitrogens is 2. The largest absolute Gasteiger partial charge is 0.480 e. The van der Waals surface area contributed by atoms with Crippen LogP contribution in [0, 0.1) is 10.8 Å². The molecule has 4 unspecified atom stereocenters. The summed E-state index contributed by atoms with van der Waals surface area (Å²) in [5, 5.41) is 13.6. The van der Waals surface area contributed by atoms with Crippen molar-refractivity contribution < 1.29 is 51.4 Å². The van der Waals surface area contributed by atoms with Gasteiger partial charge in [0.2, 0.25) is 13.6 Å². The number of carbonyl (C=O) groups is 2. The van der Waals surface area contributed by atoms with Gasteiger partial charge in [0.05, 0.1) is 30.3 Å². The van der Waals surface area contributed by atoms with Crippen LogP contribution in [0.25, 0.3) is 0 Å². The number of anilines is 1. The molecule has 0 bridgehead atoms. The van der Waals surface area contributed by atoms with Crippen LogP contribution in [0.1, 0.15) is 53.5 Å². The summed E-state index contributed by atoms with van der Waals surface area (Å²) in [5.74, 6) is -0.948. The van der Waals surface area contributed by atoms with Crippen molar-refractivity contribution in [2.75, 3.05) is 25.5 Å². The summed E-state index contributed by atoms with van der Waals surface area (Å²) in [4.78, 5) is 32.4. The number of ether oxygens (including phenoxy) is 3. The van der Waals surface area contributed by atoms with Gasteiger partial charge in [-0.3, -0.25) is 18.7 Å². The van der Waals surface area contributed by atoms with E-state index >= 15 is 4.39 Å². The number of halogens is 1. The maximum absolute atomic E-state index is 15.5. The number of phosphoric acid groups is 1.